The summed E-state index contributed by atoms with van der Waals surface area (Å²) in [6, 6.07) is 0. The molecule has 2 unspecified atom stereocenters. The molecule has 0 bridgehead atoms. The molecule has 3 rings (SSSR count). The van der Waals surface area contributed by atoms with E-state index in [1.807, 2.05) is 46.2 Å². The average Bonchev–Trinajstić information content (AvgIpc) is 3.11. The summed E-state index contributed by atoms with van der Waals surface area (Å²) in [6.45, 7) is 8.00. The Bertz CT molecular complexity index is 537. The summed E-state index contributed by atoms with van der Waals surface area (Å²) < 4.78 is 6.27. The first-order valence-corrected chi connectivity index (χ1v) is 7.70. The number of aromatic nitrogens is 2. The molecule has 20 heavy (non-hydrogen) atoms. The maximum atomic E-state index is 5.60. The molecule has 2 N–H and O–H groups in total. The van der Waals surface area contributed by atoms with E-state index >= 15 is 0 Å². The number of rotatable bonds is 2. The van der Waals surface area contributed by atoms with Crippen molar-refractivity contribution in [3.05, 3.63) is 52.8 Å². The van der Waals surface area contributed by atoms with Gasteiger partial charge in [-0.2, -0.15) is 0 Å². The summed E-state index contributed by atoms with van der Waals surface area (Å²) in [7, 11) is 0. The van der Waals surface area contributed by atoms with Crippen molar-refractivity contribution in [1.82, 2.24) is 9.97 Å². The molecule has 2 atom stereocenters. The first-order valence-electron chi connectivity index (χ1n) is 7.29. The van der Waals surface area contributed by atoms with Crippen molar-refractivity contribution in [2.45, 2.75) is 40.2 Å². The Morgan fingerprint density at radius 1 is 1.15 bits per heavy atom. The van der Waals surface area contributed by atoms with Crippen molar-refractivity contribution in [2.75, 3.05) is 0 Å². The van der Waals surface area contributed by atoms with Gasteiger partial charge in [-0.05, 0) is 23.9 Å². The topological polar surface area (TPSA) is 40.8 Å². The second-order valence-electron chi connectivity index (χ2n) is 4.03. The van der Waals surface area contributed by atoms with Gasteiger partial charge in [-0.15, -0.1) is 0 Å². The van der Waals surface area contributed by atoms with Gasteiger partial charge in [0.15, 0.2) is 4.77 Å². The van der Waals surface area contributed by atoms with Gasteiger partial charge in [-0.1, -0.05) is 45.9 Å². The van der Waals surface area contributed by atoms with Crippen LogP contribution in [-0.4, -0.2) is 16.1 Å². The molecule has 2 heterocycles. The number of hydrogen-bond donors (Lipinski definition) is 2. The van der Waals surface area contributed by atoms with E-state index in [0.717, 1.165) is 12.1 Å². The van der Waals surface area contributed by atoms with Crippen LogP contribution in [0.4, 0.5) is 0 Å². The van der Waals surface area contributed by atoms with Crippen LogP contribution in [0.15, 0.2) is 42.3 Å². The molecule has 3 nitrogen and oxygen atoms in total. The number of imidazole rings is 1. The summed E-state index contributed by atoms with van der Waals surface area (Å²) in [5.41, 5.74) is 2.39. The highest BCUT2D eigenvalue weighted by Crippen LogP contribution is 2.31. The van der Waals surface area contributed by atoms with E-state index < -0.39 is 0 Å². The highest BCUT2D eigenvalue weighted by Gasteiger charge is 2.28. The Balaban J connectivity index is 0.000000461. The van der Waals surface area contributed by atoms with Gasteiger partial charge >= 0.3 is 0 Å². The van der Waals surface area contributed by atoms with Crippen LogP contribution in [0.2, 0.25) is 0 Å². The number of ether oxygens (including phenoxy) is 1. The van der Waals surface area contributed by atoms with Gasteiger partial charge in [0.1, 0.15) is 6.10 Å². The molecule has 2 aliphatic rings. The van der Waals surface area contributed by atoms with E-state index in [4.69, 9.17) is 17.0 Å². The summed E-state index contributed by atoms with van der Waals surface area (Å²) in [6.07, 6.45) is 13.2. The smallest absolute Gasteiger partial charge is 0.174 e. The molecule has 0 saturated carbocycles. The number of allylic oxidation sites excluding steroid dienone is 2. The minimum Gasteiger partial charge on any atom is -0.493 e. The molecule has 0 fully saturated rings. The zero-order chi connectivity index (χ0) is 15.0. The van der Waals surface area contributed by atoms with Crippen LogP contribution < -0.4 is 0 Å². The molecule has 1 aromatic heterocycles. The van der Waals surface area contributed by atoms with E-state index in [2.05, 4.69) is 28.2 Å². The van der Waals surface area contributed by atoms with Gasteiger partial charge in [0.05, 0.1) is 6.26 Å². The summed E-state index contributed by atoms with van der Waals surface area (Å²) >= 11 is 5.00. The Morgan fingerprint density at radius 2 is 1.85 bits per heavy atom. The highest BCUT2D eigenvalue weighted by molar-refractivity contribution is 7.71. The number of aromatic amines is 2. The second kappa shape index (κ2) is 8.59. The fourth-order valence-corrected chi connectivity index (χ4v) is 2.33. The van der Waals surface area contributed by atoms with Gasteiger partial charge in [0.25, 0.3) is 0 Å². The van der Waals surface area contributed by atoms with E-state index in [1.165, 1.54) is 5.57 Å². The van der Waals surface area contributed by atoms with E-state index in [9.17, 15) is 0 Å². The van der Waals surface area contributed by atoms with Crippen molar-refractivity contribution in [3.8, 4) is 0 Å². The third-order valence-electron chi connectivity index (χ3n) is 2.94. The minimum absolute atomic E-state index is 0.182. The number of nitrogens with one attached hydrogen (secondary N) is 2. The maximum Gasteiger partial charge on any atom is 0.174 e. The van der Waals surface area contributed by atoms with Crippen LogP contribution in [0.5, 0.6) is 0 Å². The Morgan fingerprint density at radius 3 is 2.50 bits per heavy atom. The summed E-state index contributed by atoms with van der Waals surface area (Å²) in [5, 5.41) is 0. The monoisotopic (exact) mass is 292 g/mol. The Kier molecular flexibility index (Phi) is 7.09. The van der Waals surface area contributed by atoms with E-state index in [-0.39, 0.29) is 6.10 Å². The molecule has 1 aliphatic heterocycles. The van der Waals surface area contributed by atoms with Crippen LogP contribution in [0, 0.1) is 10.7 Å². The standard InChI is InChI=1S/C12H12N2OS.2C2H6/c16-12-13-6-9(14-12)5-8-7-15-11-4-2-1-3-10(8)11;2*1-2/h1-4,6-7,10-11H,5H2,(H2,13,14,16);2*1-2H3. The van der Waals surface area contributed by atoms with Crippen LogP contribution in [-0.2, 0) is 11.2 Å². The zero-order valence-electron chi connectivity index (χ0n) is 12.6. The SMILES string of the molecule is CC.CC.S=c1[nH]cc(CC2=COC3C=CC=CC23)[nH]1. The van der Waals surface area contributed by atoms with Crippen LogP contribution in [0.3, 0.4) is 0 Å². The molecule has 0 radical (unpaired) electrons. The van der Waals surface area contributed by atoms with Gasteiger partial charge in [0.2, 0.25) is 0 Å². The normalized spacial score (nSPS) is 21.7. The molecule has 1 aliphatic carbocycles. The fraction of sp³-hybridized carbons (Fsp3) is 0.438. The molecule has 0 amide bonds. The third-order valence-corrected chi connectivity index (χ3v) is 3.16. The third kappa shape index (κ3) is 3.97. The molecule has 1 aromatic rings. The number of hydrogen-bond acceptors (Lipinski definition) is 2. The molecular formula is C16H24N2OS. The van der Waals surface area contributed by atoms with Crippen LogP contribution in [0.25, 0.3) is 0 Å². The quantitative estimate of drug-likeness (QED) is 0.776. The minimum atomic E-state index is 0.182. The van der Waals surface area contributed by atoms with Crippen molar-refractivity contribution in [2.24, 2.45) is 5.92 Å². The molecule has 4 heteroatoms. The number of fused-ring (bicyclic) bond motifs is 1. The Hall–Kier alpha value is -1.55. The average molecular weight is 292 g/mol. The van der Waals surface area contributed by atoms with E-state index in [0.29, 0.717) is 10.7 Å². The lowest BCUT2D eigenvalue weighted by atomic mass is 9.90. The van der Waals surface area contributed by atoms with Gasteiger partial charge in [-0.3, -0.25) is 0 Å². The van der Waals surface area contributed by atoms with Crippen LogP contribution >= 0.6 is 12.2 Å². The lowest BCUT2D eigenvalue weighted by molar-refractivity contribution is 0.192. The summed E-state index contributed by atoms with van der Waals surface area (Å²) in [4.78, 5) is 6.09. The fourth-order valence-electron chi connectivity index (χ4n) is 2.14. The van der Waals surface area contributed by atoms with Gasteiger partial charge in [-0.25, -0.2) is 0 Å². The van der Waals surface area contributed by atoms with Gasteiger partial charge in [0, 0.05) is 24.2 Å². The largest absolute Gasteiger partial charge is 0.493 e. The highest BCUT2D eigenvalue weighted by atomic mass is 32.1. The molecule has 110 valence electrons. The lowest BCUT2D eigenvalue weighted by Crippen LogP contribution is -2.16. The van der Waals surface area contributed by atoms with Crippen molar-refractivity contribution in [1.29, 1.82) is 0 Å². The maximum absolute atomic E-state index is 5.60. The zero-order valence-corrected chi connectivity index (χ0v) is 13.5. The van der Waals surface area contributed by atoms with Crippen molar-refractivity contribution >= 4 is 12.2 Å². The predicted molar refractivity (Wildman–Crippen MR) is 87.1 cm³/mol. The number of H-pyrrole nitrogens is 2. The second-order valence-corrected chi connectivity index (χ2v) is 4.44. The van der Waals surface area contributed by atoms with Crippen LogP contribution in [0.1, 0.15) is 33.4 Å². The van der Waals surface area contributed by atoms with Crippen molar-refractivity contribution < 1.29 is 4.74 Å². The molecule has 0 spiro atoms. The summed E-state index contributed by atoms with van der Waals surface area (Å²) in [5.74, 6) is 0.377. The van der Waals surface area contributed by atoms with E-state index in [1.54, 1.807) is 0 Å². The van der Waals surface area contributed by atoms with Gasteiger partial charge < -0.3 is 14.7 Å². The first-order chi connectivity index (χ1) is 9.83. The molecule has 0 aromatic carbocycles. The lowest BCUT2D eigenvalue weighted by Gasteiger charge is -2.16. The molecule has 0 saturated heterocycles. The van der Waals surface area contributed by atoms with Crippen molar-refractivity contribution in [3.63, 3.8) is 0 Å². The first kappa shape index (κ1) is 16.5. The molecular weight excluding hydrogens is 268 g/mol. The predicted octanol–water partition coefficient (Wildman–Crippen LogP) is 4.69. The Labute approximate surface area is 126 Å².